The molecular formula is C25H24N4O9S. The van der Waals surface area contributed by atoms with E-state index in [2.05, 4.69) is 30.5 Å². The molecule has 3 aromatic carbocycles. The number of nitrogens with zero attached hydrogens (tertiary/aromatic N) is 2. The molecule has 14 heteroatoms. The number of anilines is 1. The van der Waals surface area contributed by atoms with E-state index in [1.165, 1.54) is 20.4 Å². The molecular weight excluding hydrogens is 532 g/mol. The summed E-state index contributed by atoms with van der Waals surface area (Å²) in [6, 6.07) is 20.1. The molecule has 0 saturated heterocycles. The second kappa shape index (κ2) is 14.7. The molecule has 3 aromatic rings. The lowest BCUT2D eigenvalue weighted by molar-refractivity contribution is 0.0592. The summed E-state index contributed by atoms with van der Waals surface area (Å²) in [7, 11) is -2.02. The number of hydrogen-bond donors (Lipinski definition) is 4. The first-order chi connectivity index (χ1) is 18.5. The Balaban J connectivity index is 0.000000976. The highest BCUT2D eigenvalue weighted by atomic mass is 32.3. The van der Waals surface area contributed by atoms with E-state index >= 15 is 0 Å². The Morgan fingerprint density at radius 1 is 0.692 bits per heavy atom. The molecule has 0 bridgehead atoms. The molecule has 0 fully saturated rings. The number of ether oxygens (including phenoxy) is 2. The number of methoxy groups -OCH3 is 2. The van der Waals surface area contributed by atoms with E-state index in [9.17, 15) is 14.4 Å². The average molecular weight is 557 g/mol. The molecule has 13 nitrogen and oxygen atoms in total. The summed E-state index contributed by atoms with van der Waals surface area (Å²) in [5.74, 6) is -1.19. The Morgan fingerprint density at radius 2 is 1.08 bits per heavy atom. The lowest BCUT2D eigenvalue weighted by atomic mass is 10.1. The van der Waals surface area contributed by atoms with Crippen molar-refractivity contribution in [1.82, 2.24) is 5.43 Å². The van der Waals surface area contributed by atoms with Crippen molar-refractivity contribution < 1.29 is 41.4 Å². The van der Waals surface area contributed by atoms with Crippen LogP contribution >= 0.6 is 0 Å². The molecule has 0 unspecified atom stereocenters. The van der Waals surface area contributed by atoms with Crippen LogP contribution in [0.3, 0.4) is 0 Å². The Hall–Kier alpha value is -4.92. The van der Waals surface area contributed by atoms with Crippen LogP contribution in [0.1, 0.15) is 42.2 Å². The molecule has 0 spiro atoms. The molecule has 0 heterocycles. The fraction of sp³-hybridized carbons (Fsp3) is 0.0800. The number of hydrogen-bond acceptors (Lipinski definition) is 10. The van der Waals surface area contributed by atoms with Gasteiger partial charge in [-0.25, -0.2) is 15.0 Å². The number of benzene rings is 3. The van der Waals surface area contributed by atoms with Gasteiger partial charge >= 0.3 is 22.3 Å². The molecule has 0 aliphatic heterocycles. The lowest BCUT2D eigenvalue weighted by Gasteiger charge is -2.03. The zero-order valence-electron chi connectivity index (χ0n) is 20.6. The fourth-order valence-electron chi connectivity index (χ4n) is 2.75. The summed E-state index contributed by atoms with van der Waals surface area (Å²) in [5, 5.41) is 8.07. The summed E-state index contributed by atoms with van der Waals surface area (Å²) in [6.07, 6.45) is 3.08. The highest BCUT2D eigenvalue weighted by Crippen LogP contribution is 2.10. The van der Waals surface area contributed by atoms with Crippen LogP contribution in [0.4, 0.5) is 5.69 Å². The van der Waals surface area contributed by atoms with Crippen molar-refractivity contribution >= 4 is 46.4 Å². The number of esters is 2. The van der Waals surface area contributed by atoms with Crippen LogP contribution in [0.15, 0.2) is 83.0 Å². The van der Waals surface area contributed by atoms with Crippen LogP contribution in [0, 0.1) is 0 Å². The number of carbonyl (C=O) groups excluding carboxylic acids is 3. The Labute approximate surface area is 223 Å². The standard InChI is InChI=1S/C25H22N4O5.H2O4S/c1-33-24(31)20-7-3-17(4-8-20)15-26-28-22-13-11-19(12-14-22)23(30)29-27-16-18-5-9-21(10-6-18)25(32)34-2;1-5(2,3)4/h3-16,28H,1-2H3,(H,29,30);(H2,1,2,3,4)/b26-15+,27-16+;. The van der Waals surface area contributed by atoms with E-state index in [-0.39, 0.29) is 5.91 Å². The topological polar surface area (TPSA) is 193 Å². The van der Waals surface area contributed by atoms with E-state index in [4.69, 9.17) is 17.5 Å². The van der Waals surface area contributed by atoms with Gasteiger partial charge in [0, 0.05) is 5.56 Å². The predicted octanol–water partition coefficient (Wildman–Crippen LogP) is 2.82. The number of amides is 1. The van der Waals surface area contributed by atoms with Crippen molar-refractivity contribution in [3.8, 4) is 0 Å². The first-order valence-electron chi connectivity index (χ1n) is 10.8. The minimum atomic E-state index is -4.67. The third-order valence-electron chi connectivity index (χ3n) is 4.60. The normalized spacial score (nSPS) is 10.9. The molecule has 0 atom stereocenters. The van der Waals surface area contributed by atoms with E-state index in [0.717, 1.165) is 5.56 Å². The van der Waals surface area contributed by atoms with Crippen molar-refractivity contribution in [3.63, 3.8) is 0 Å². The van der Waals surface area contributed by atoms with Crippen molar-refractivity contribution in [2.24, 2.45) is 10.2 Å². The first-order valence-corrected chi connectivity index (χ1v) is 12.2. The second-order valence-corrected chi connectivity index (χ2v) is 8.22. The largest absolute Gasteiger partial charge is 0.465 e. The Morgan fingerprint density at radius 3 is 1.49 bits per heavy atom. The van der Waals surface area contributed by atoms with Crippen molar-refractivity contribution in [2.75, 3.05) is 19.6 Å². The van der Waals surface area contributed by atoms with Gasteiger partial charge in [0.15, 0.2) is 0 Å². The minimum absolute atomic E-state index is 0.372. The third kappa shape index (κ3) is 11.3. The minimum Gasteiger partial charge on any atom is -0.465 e. The Kier molecular flexibility index (Phi) is 11.4. The fourth-order valence-corrected chi connectivity index (χ4v) is 2.75. The van der Waals surface area contributed by atoms with E-state index < -0.39 is 22.3 Å². The van der Waals surface area contributed by atoms with Crippen molar-refractivity contribution in [3.05, 3.63) is 101 Å². The van der Waals surface area contributed by atoms with E-state index in [1.54, 1.807) is 79.0 Å². The number of carbonyl (C=O) groups is 3. The number of nitrogens with one attached hydrogen (secondary N) is 2. The first kappa shape index (κ1) is 30.3. The maximum absolute atomic E-state index is 12.3. The van der Waals surface area contributed by atoms with Crippen LogP contribution in [0.2, 0.25) is 0 Å². The van der Waals surface area contributed by atoms with Gasteiger partial charge in [0.1, 0.15) is 0 Å². The molecule has 4 N–H and O–H groups in total. The van der Waals surface area contributed by atoms with Gasteiger partial charge in [-0.05, 0) is 59.7 Å². The molecule has 0 saturated carbocycles. The SMILES string of the molecule is COC(=O)c1ccc(/C=N/NC(=O)c2ccc(N/N=C/c3ccc(C(=O)OC)cc3)cc2)cc1.O=S(=O)(O)O. The monoisotopic (exact) mass is 556 g/mol. The molecule has 39 heavy (non-hydrogen) atoms. The summed E-state index contributed by atoms with van der Waals surface area (Å²) in [5.41, 5.74) is 8.84. The second-order valence-electron chi connectivity index (χ2n) is 7.32. The van der Waals surface area contributed by atoms with Gasteiger partial charge in [0.05, 0.1) is 43.5 Å². The van der Waals surface area contributed by atoms with Gasteiger partial charge in [-0.3, -0.25) is 19.3 Å². The van der Waals surface area contributed by atoms with Crippen LogP contribution in [-0.4, -0.2) is 62.0 Å². The van der Waals surface area contributed by atoms with Gasteiger partial charge < -0.3 is 9.47 Å². The number of rotatable bonds is 8. The molecule has 204 valence electrons. The summed E-state index contributed by atoms with van der Waals surface area (Å²) >= 11 is 0. The molecule has 3 rings (SSSR count). The highest BCUT2D eigenvalue weighted by Gasteiger charge is 2.06. The average Bonchev–Trinajstić information content (AvgIpc) is 2.92. The van der Waals surface area contributed by atoms with Crippen LogP contribution in [-0.2, 0) is 19.9 Å². The van der Waals surface area contributed by atoms with Crippen LogP contribution < -0.4 is 10.9 Å². The molecule has 1 amide bonds. The van der Waals surface area contributed by atoms with Gasteiger partial charge in [0.2, 0.25) is 0 Å². The molecule has 0 radical (unpaired) electrons. The summed E-state index contributed by atoms with van der Waals surface area (Å²) in [4.78, 5) is 35.1. The zero-order valence-corrected chi connectivity index (χ0v) is 21.5. The third-order valence-corrected chi connectivity index (χ3v) is 4.60. The van der Waals surface area contributed by atoms with Crippen LogP contribution in [0.25, 0.3) is 0 Å². The zero-order chi connectivity index (χ0) is 28.8. The lowest BCUT2D eigenvalue weighted by Crippen LogP contribution is -2.17. The van der Waals surface area contributed by atoms with Gasteiger partial charge in [-0.15, -0.1) is 0 Å². The van der Waals surface area contributed by atoms with E-state index in [1.807, 2.05) is 0 Å². The number of hydrazone groups is 2. The van der Waals surface area contributed by atoms with Gasteiger partial charge in [0.25, 0.3) is 5.91 Å². The summed E-state index contributed by atoms with van der Waals surface area (Å²) in [6.45, 7) is 0. The highest BCUT2D eigenvalue weighted by molar-refractivity contribution is 7.79. The Bertz CT molecular complexity index is 1430. The molecule has 0 aliphatic rings. The molecule has 0 aliphatic carbocycles. The maximum atomic E-state index is 12.3. The molecule has 0 aromatic heterocycles. The van der Waals surface area contributed by atoms with Crippen molar-refractivity contribution in [1.29, 1.82) is 0 Å². The summed E-state index contributed by atoms with van der Waals surface area (Å²) < 4.78 is 40.9. The van der Waals surface area contributed by atoms with Gasteiger partial charge in [-0.2, -0.15) is 18.6 Å². The van der Waals surface area contributed by atoms with E-state index in [0.29, 0.717) is 27.9 Å². The quantitative estimate of drug-likeness (QED) is 0.139. The maximum Gasteiger partial charge on any atom is 0.394 e. The van der Waals surface area contributed by atoms with Crippen molar-refractivity contribution in [2.45, 2.75) is 0 Å². The predicted molar refractivity (Wildman–Crippen MR) is 142 cm³/mol. The smallest absolute Gasteiger partial charge is 0.394 e. The van der Waals surface area contributed by atoms with Gasteiger partial charge in [-0.1, -0.05) is 24.3 Å². The van der Waals surface area contributed by atoms with Crippen LogP contribution in [0.5, 0.6) is 0 Å².